The van der Waals surface area contributed by atoms with E-state index in [0.717, 1.165) is 18.4 Å². The lowest BCUT2D eigenvalue weighted by Gasteiger charge is -2.15. The van der Waals surface area contributed by atoms with Crippen LogP contribution in [0.2, 0.25) is 0 Å². The Kier molecular flexibility index (Phi) is 3.99. The second-order valence-electron chi connectivity index (χ2n) is 4.40. The molecule has 6 heteroatoms. The van der Waals surface area contributed by atoms with Crippen LogP contribution >= 0.6 is 12.2 Å². The topological polar surface area (TPSA) is 63.4 Å². The number of sulfonamides is 1. The van der Waals surface area contributed by atoms with E-state index in [2.05, 4.69) is 0 Å². The standard InChI is InChI=1S/C12H16N2O2S2/c13-12(17)9-10-3-5-11(6-4-10)18(15,16)14-7-1-2-8-14/h3-6H,1-2,7-9H2,(H2,13,17). The van der Waals surface area contributed by atoms with E-state index in [1.54, 1.807) is 24.3 Å². The summed E-state index contributed by atoms with van der Waals surface area (Å²) in [4.78, 5) is 0.751. The van der Waals surface area contributed by atoms with Crippen molar-refractivity contribution in [2.45, 2.75) is 24.2 Å². The molecule has 1 fully saturated rings. The van der Waals surface area contributed by atoms with E-state index in [1.165, 1.54) is 4.31 Å². The fourth-order valence-corrected chi connectivity index (χ4v) is 3.74. The third-order valence-corrected chi connectivity index (χ3v) is 5.06. The molecule has 0 amide bonds. The summed E-state index contributed by atoms with van der Waals surface area (Å²) in [7, 11) is -3.31. The lowest BCUT2D eigenvalue weighted by Crippen LogP contribution is -2.27. The van der Waals surface area contributed by atoms with Crippen LogP contribution in [-0.4, -0.2) is 30.8 Å². The quantitative estimate of drug-likeness (QED) is 0.847. The maximum absolute atomic E-state index is 12.2. The van der Waals surface area contributed by atoms with Gasteiger partial charge in [-0.2, -0.15) is 4.31 Å². The Morgan fingerprint density at radius 2 is 1.78 bits per heavy atom. The van der Waals surface area contributed by atoms with Crippen molar-refractivity contribution in [3.63, 3.8) is 0 Å². The Morgan fingerprint density at radius 1 is 1.22 bits per heavy atom. The number of nitrogens with two attached hydrogens (primary N) is 1. The van der Waals surface area contributed by atoms with Crippen molar-refractivity contribution >= 4 is 27.2 Å². The van der Waals surface area contributed by atoms with Crippen LogP contribution in [0.25, 0.3) is 0 Å². The predicted molar refractivity (Wildman–Crippen MR) is 74.9 cm³/mol. The first-order valence-electron chi connectivity index (χ1n) is 5.87. The Labute approximate surface area is 113 Å². The van der Waals surface area contributed by atoms with Gasteiger partial charge in [-0.1, -0.05) is 24.4 Å². The molecule has 1 heterocycles. The molecule has 98 valence electrons. The summed E-state index contributed by atoms with van der Waals surface area (Å²) in [5.74, 6) is 0. The Bertz CT molecular complexity index is 532. The molecule has 18 heavy (non-hydrogen) atoms. The molecule has 0 bridgehead atoms. The van der Waals surface area contributed by atoms with Gasteiger partial charge in [0.05, 0.1) is 9.88 Å². The third-order valence-electron chi connectivity index (χ3n) is 3.00. The molecule has 0 radical (unpaired) electrons. The molecular formula is C12H16N2O2S2. The van der Waals surface area contributed by atoms with Crippen LogP contribution in [0.5, 0.6) is 0 Å². The van der Waals surface area contributed by atoms with Crippen LogP contribution in [0, 0.1) is 0 Å². The summed E-state index contributed by atoms with van der Waals surface area (Å²) in [5, 5.41) is 0. The molecule has 0 aromatic heterocycles. The van der Waals surface area contributed by atoms with Gasteiger partial charge in [0.1, 0.15) is 0 Å². The SMILES string of the molecule is NC(=S)Cc1ccc(S(=O)(=O)N2CCCC2)cc1. The number of benzene rings is 1. The summed E-state index contributed by atoms with van der Waals surface area (Å²) < 4.78 is 26.0. The van der Waals surface area contributed by atoms with Crippen LogP contribution in [0.15, 0.2) is 29.2 Å². The molecule has 1 aliphatic heterocycles. The van der Waals surface area contributed by atoms with E-state index in [4.69, 9.17) is 18.0 Å². The zero-order valence-electron chi connectivity index (χ0n) is 10.0. The second kappa shape index (κ2) is 5.34. The van der Waals surface area contributed by atoms with E-state index >= 15 is 0 Å². The van der Waals surface area contributed by atoms with E-state index in [9.17, 15) is 8.42 Å². The number of nitrogens with zero attached hydrogens (tertiary/aromatic N) is 1. The molecule has 0 aliphatic carbocycles. The molecule has 2 rings (SSSR count). The fraction of sp³-hybridized carbons (Fsp3) is 0.417. The summed E-state index contributed by atoms with van der Waals surface area (Å²) in [6.07, 6.45) is 2.39. The highest BCUT2D eigenvalue weighted by atomic mass is 32.2. The Balaban J connectivity index is 2.20. The van der Waals surface area contributed by atoms with E-state index in [-0.39, 0.29) is 0 Å². The first-order valence-corrected chi connectivity index (χ1v) is 7.72. The van der Waals surface area contributed by atoms with Gasteiger partial charge in [0.15, 0.2) is 0 Å². The highest BCUT2D eigenvalue weighted by Crippen LogP contribution is 2.21. The number of hydrogen-bond acceptors (Lipinski definition) is 3. The molecule has 0 spiro atoms. The van der Waals surface area contributed by atoms with Gasteiger partial charge in [-0.15, -0.1) is 0 Å². The molecule has 1 aromatic carbocycles. The molecule has 0 unspecified atom stereocenters. The molecule has 1 saturated heterocycles. The molecule has 0 saturated carbocycles. The average molecular weight is 284 g/mol. The minimum atomic E-state index is -3.31. The van der Waals surface area contributed by atoms with Crippen LogP contribution in [0.4, 0.5) is 0 Å². The lowest BCUT2D eigenvalue weighted by molar-refractivity contribution is 0.477. The van der Waals surface area contributed by atoms with Crippen LogP contribution < -0.4 is 5.73 Å². The molecule has 2 N–H and O–H groups in total. The van der Waals surface area contributed by atoms with Crippen LogP contribution in [0.1, 0.15) is 18.4 Å². The predicted octanol–water partition coefficient (Wildman–Crippen LogP) is 1.30. The smallest absolute Gasteiger partial charge is 0.243 e. The third kappa shape index (κ3) is 2.88. The largest absolute Gasteiger partial charge is 0.393 e. The summed E-state index contributed by atoms with van der Waals surface area (Å²) in [6.45, 7) is 1.24. The molecule has 1 aromatic rings. The highest BCUT2D eigenvalue weighted by molar-refractivity contribution is 7.89. The number of rotatable bonds is 4. The minimum Gasteiger partial charge on any atom is -0.393 e. The van der Waals surface area contributed by atoms with Gasteiger partial charge in [-0.05, 0) is 30.5 Å². The van der Waals surface area contributed by atoms with Gasteiger partial charge >= 0.3 is 0 Å². The second-order valence-corrected chi connectivity index (χ2v) is 6.86. The molecule has 1 aliphatic rings. The molecular weight excluding hydrogens is 268 g/mol. The van der Waals surface area contributed by atoms with Crippen molar-refractivity contribution in [3.8, 4) is 0 Å². The molecule has 4 nitrogen and oxygen atoms in total. The van der Waals surface area contributed by atoms with E-state index in [0.29, 0.717) is 29.4 Å². The van der Waals surface area contributed by atoms with Crippen molar-refractivity contribution in [1.29, 1.82) is 0 Å². The zero-order chi connectivity index (χ0) is 13.2. The van der Waals surface area contributed by atoms with Crippen molar-refractivity contribution in [2.75, 3.05) is 13.1 Å². The Morgan fingerprint density at radius 3 is 2.28 bits per heavy atom. The normalized spacial score (nSPS) is 16.9. The van der Waals surface area contributed by atoms with Crippen molar-refractivity contribution in [1.82, 2.24) is 4.31 Å². The van der Waals surface area contributed by atoms with Gasteiger partial charge in [0.2, 0.25) is 10.0 Å². The minimum absolute atomic E-state index is 0.344. The van der Waals surface area contributed by atoms with Crippen molar-refractivity contribution in [2.24, 2.45) is 5.73 Å². The van der Waals surface area contributed by atoms with Crippen LogP contribution in [0.3, 0.4) is 0 Å². The van der Waals surface area contributed by atoms with E-state index < -0.39 is 10.0 Å². The van der Waals surface area contributed by atoms with Crippen molar-refractivity contribution in [3.05, 3.63) is 29.8 Å². The summed E-state index contributed by atoms with van der Waals surface area (Å²) in [6, 6.07) is 6.78. The van der Waals surface area contributed by atoms with Crippen LogP contribution in [-0.2, 0) is 16.4 Å². The van der Waals surface area contributed by atoms with E-state index in [1.807, 2.05) is 0 Å². The number of hydrogen-bond donors (Lipinski definition) is 1. The fourth-order valence-electron chi connectivity index (χ4n) is 2.06. The molecule has 0 atom stereocenters. The average Bonchev–Trinajstić information content (AvgIpc) is 2.83. The summed E-state index contributed by atoms with van der Waals surface area (Å²) in [5.41, 5.74) is 6.39. The lowest BCUT2D eigenvalue weighted by atomic mass is 10.1. The highest BCUT2D eigenvalue weighted by Gasteiger charge is 2.26. The first-order chi connectivity index (χ1) is 8.50. The van der Waals surface area contributed by atoms with Gasteiger partial charge in [-0.25, -0.2) is 8.42 Å². The summed E-state index contributed by atoms with van der Waals surface area (Å²) >= 11 is 4.82. The maximum Gasteiger partial charge on any atom is 0.243 e. The van der Waals surface area contributed by atoms with Gasteiger partial charge in [0.25, 0.3) is 0 Å². The van der Waals surface area contributed by atoms with Gasteiger partial charge < -0.3 is 5.73 Å². The number of thiocarbonyl (C=S) groups is 1. The van der Waals surface area contributed by atoms with Gasteiger partial charge in [0, 0.05) is 19.5 Å². The van der Waals surface area contributed by atoms with Gasteiger partial charge in [-0.3, -0.25) is 0 Å². The first kappa shape index (κ1) is 13.5. The Hall–Kier alpha value is -0.980. The monoisotopic (exact) mass is 284 g/mol. The maximum atomic E-state index is 12.2. The van der Waals surface area contributed by atoms with Crippen molar-refractivity contribution < 1.29 is 8.42 Å². The zero-order valence-corrected chi connectivity index (χ0v) is 11.6.